The number of fused-ring (bicyclic) bond motifs is 8. The number of rotatable bonds is 7. The van der Waals surface area contributed by atoms with Gasteiger partial charge in [0.1, 0.15) is 8.07 Å². The monoisotopic (exact) mass is 875 g/mol. The molecule has 13 rings (SSSR count). The van der Waals surface area contributed by atoms with Gasteiger partial charge in [-0.1, -0.05) is 160 Å². The first kappa shape index (κ1) is 39.4. The summed E-state index contributed by atoms with van der Waals surface area (Å²) in [6.45, 7) is 9.84. The van der Waals surface area contributed by atoms with Gasteiger partial charge < -0.3 is 14.4 Å². The lowest BCUT2D eigenvalue weighted by Crippen LogP contribution is -2.56. The maximum atomic E-state index is 2.55. The summed E-state index contributed by atoms with van der Waals surface area (Å²) in [5, 5.41) is 8.08. The molecule has 3 nitrogen and oxygen atoms in total. The van der Waals surface area contributed by atoms with Crippen LogP contribution in [0.5, 0.6) is 0 Å². The van der Waals surface area contributed by atoms with Gasteiger partial charge in [0.05, 0.1) is 16.7 Å². The normalized spacial score (nSPS) is 13.9. The molecule has 0 radical (unpaired) electrons. The van der Waals surface area contributed by atoms with Crippen LogP contribution in [0.4, 0.5) is 34.1 Å². The molecule has 0 bridgehead atoms. The van der Waals surface area contributed by atoms with E-state index >= 15 is 0 Å². The maximum Gasteiger partial charge on any atom is 0.113 e. The largest absolute Gasteiger partial charge is 0.310 e. The van der Waals surface area contributed by atoms with E-state index in [1.54, 1.807) is 0 Å². The Bertz CT molecular complexity index is 3760. The summed E-state index contributed by atoms with van der Waals surface area (Å²) in [5.41, 5.74) is 18.5. The van der Waals surface area contributed by atoms with Crippen molar-refractivity contribution in [1.82, 2.24) is 4.57 Å². The average Bonchev–Trinajstić information content (AvgIpc) is 3.82. The Kier molecular flexibility index (Phi) is 8.71. The Hall–Kier alpha value is -7.92. The third-order valence-corrected chi connectivity index (χ3v) is 18.5. The van der Waals surface area contributed by atoms with E-state index in [2.05, 4.69) is 266 Å². The highest BCUT2D eigenvalue weighted by Gasteiger charge is 2.38. The number of hydrogen-bond acceptors (Lipinski definition) is 2. The molecular weight excluding hydrogens is 827 g/mol. The first-order chi connectivity index (χ1) is 32.8. The molecule has 1 aliphatic heterocycles. The number of para-hydroxylation sites is 4. The van der Waals surface area contributed by atoms with Crippen LogP contribution in [-0.2, 0) is 5.41 Å². The molecule has 11 aromatic rings. The second-order valence-corrected chi connectivity index (χ2v) is 23.7. The van der Waals surface area contributed by atoms with E-state index in [-0.39, 0.29) is 5.41 Å². The van der Waals surface area contributed by atoms with Gasteiger partial charge in [0.25, 0.3) is 0 Å². The second kappa shape index (κ2) is 14.8. The molecule has 1 aromatic heterocycles. The molecule has 10 aromatic carbocycles. The van der Waals surface area contributed by atoms with Gasteiger partial charge in [-0.3, -0.25) is 0 Å². The Labute approximate surface area is 393 Å². The summed E-state index contributed by atoms with van der Waals surface area (Å²) in [6, 6.07) is 83.5. The van der Waals surface area contributed by atoms with Crippen molar-refractivity contribution in [3.63, 3.8) is 0 Å². The van der Waals surface area contributed by atoms with Gasteiger partial charge >= 0.3 is 0 Å². The molecule has 2 aliphatic rings. The van der Waals surface area contributed by atoms with Crippen molar-refractivity contribution in [2.75, 3.05) is 9.80 Å². The lowest BCUT2D eigenvalue weighted by atomic mass is 9.82. The van der Waals surface area contributed by atoms with Crippen LogP contribution in [0.25, 0.3) is 60.5 Å². The topological polar surface area (TPSA) is 11.4 Å². The van der Waals surface area contributed by atoms with Crippen molar-refractivity contribution < 1.29 is 0 Å². The molecule has 0 atom stereocenters. The van der Waals surface area contributed by atoms with Gasteiger partial charge in [-0.25, -0.2) is 0 Å². The quantitative estimate of drug-likeness (QED) is 0.148. The average molecular weight is 876 g/mol. The molecule has 4 heteroatoms. The summed E-state index contributed by atoms with van der Waals surface area (Å²) in [7, 11) is -2.29. The summed E-state index contributed by atoms with van der Waals surface area (Å²) in [6.07, 6.45) is 0. The SMILES string of the molecule is CC1(C)c2ccccc2-c2ccc(N(c3ccccc3)c3ccc4c5c(cccc35)[Si](C)(C)c3cc(N(c5ccccc5)c5ccc6c(c5)c5ccccc5n6-c5ccccc5)ccc3-4)cc21. The molecule has 0 spiro atoms. The molecule has 320 valence electrons. The molecule has 0 unspecified atom stereocenters. The van der Waals surface area contributed by atoms with Gasteiger partial charge in [0.15, 0.2) is 0 Å². The number of benzene rings is 10. The van der Waals surface area contributed by atoms with Crippen LogP contribution in [0.1, 0.15) is 25.0 Å². The van der Waals surface area contributed by atoms with Crippen LogP contribution in [0, 0.1) is 0 Å². The van der Waals surface area contributed by atoms with Crippen molar-refractivity contribution in [3.8, 4) is 27.9 Å². The first-order valence-corrected chi connectivity index (χ1v) is 26.5. The molecule has 67 heavy (non-hydrogen) atoms. The van der Waals surface area contributed by atoms with Gasteiger partial charge in [-0.05, 0) is 140 Å². The number of anilines is 6. The van der Waals surface area contributed by atoms with Gasteiger partial charge in [-0.15, -0.1) is 0 Å². The van der Waals surface area contributed by atoms with Gasteiger partial charge in [0, 0.05) is 55.7 Å². The van der Waals surface area contributed by atoms with Crippen LogP contribution in [0.3, 0.4) is 0 Å². The molecule has 0 saturated heterocycles. The lowest BCUT2D eigenvalue weighted by molar-refractivity contribution is 0.660. The van der Waals surface area contributed by atoms with E-state index in [4.69, 9.17) is 0 Å². The number of aromatic nitrogens is 1. The second-order valence-electron chi connectivity index (χ2n) is 19.3. The van der Waals surface area contributed by atoms with Crippen molar-refractivity contribution in [3.05, 3.63) is 236 Å². The molecule has 0 saturated carbocycles. The van der Waals surface area contributed by atoms with Gasteiger partial charge in [0.2, 0.25) is 0 Å². The zero-order valence-corrected chi connectivity index (χ0v) is 39.2. The van der Waals surface area contributed by atoms with E-state index in [1.165, 1.54) is 93.4 Å². The third-order valence-electron chi connectivity index (χ3n) is 14.9. The lowest BCUT2D eigenvalue weighted by Gasteiger charge is -2.36. The Morgan fingerprint density at radius 1 is 0.373 bits per heavy atom. The van der Waals surface area contributed by atoms with Crippen LogP contribution < -0.4 is 20.2 Å². The van der Waals surface area contributed by atoms with Crippen LogP contribution in [-0.4, -0.2) is 12.6 Å². The van der Waals surface area contributed by atoms with E-state index in [0.717, 1.165) is 22.7 Å². The highest BCUT2D eigenvalue weighted by molar-refractivity contribution is 7.03. The van der Waals surface area contributed by atoms with Crippen LogP contribution in [0.15, 0.2) is 224 Å². The van der Waals surface area contributed by atoms with Crippen molar-refractivity contribution >= 4 is 85.1 Å². The number of nitrogens with zero attached hydrogens (tertiary/aromatic N) is 3. The maximum absolute atomic E-state index is 2.55. The zero-order valence-electron chi connectivity index (χ0n) is 38.2. The van der Waals surface area contributed by atoms with E-state index in [0.29, 0.717) is 0 Å². The number of hydrogen-bond donors (Lipinski definition) is 0. The first-order valence-electron chi connectivity index (χ1n) is 23.5. The summed E-state index contributed by atoms with van der Waals surface area (Å²) < 4.78 is 2.39. The summed E-state index contributed by atoms with van der Waals surface area (Å²) in [5.74, 6) is 0. The van der Waals surface area contributed by atoms with Crippen molar-refractivity contribution in [1.29, 1.82) is 0 Å². The van der Waals surface area contributed by atoms with Crippen molar-refractivity contribution in [2.24, 2.45) is 0 Å². The molecule has 0 fully saturated rings. The van der Waals surface area contributed by atoms with E-state index < -0.39 is 8.07 Å². The van der Waals surface area contributed by atoms with Crippen LogP contribution in [0.2, 0.25) is 13.1 Å². The smallest absolute Gasteiger partial charge is 0.113 e. The fourth-order valence-electron chi connectivity index (χ4n) is 11.7. The predicted octanol–water partition coefficient (Wildman–Crippen LogP) is 16.0. The molecule has 0 N–H and O–H groups in total. The fourth-order valence-corrected chi connectivity index (χ4v) is 14.8. The van der Waals surface area contributed by atoms with Crippen molar-refractivity contribution in [2.45, 2.75) is 32.4 Å². The summed E-state index contributed by atoms with van der Waals surface area (Å²) >= 11 is 0. The van der Waals surface area contributed by atoms with Crippen LogP contribution >= 0.6 is 0 Å². The zero-order chi connectivity index (χ0) is 45.0. The molecule has 2 heterocycles. The third kappa shape index (κ3) is 5.89. The standard InChI is InChI=1S/C63H49N3Si/c1-63(2)55-28-16-14-25-48(55)49-34-31-46(40-56(49)63)65(43-21-10-6-11-22-43)58-38-36-52-51-35-32-47(41-61(51)67(3,4)60-30-18-27-53(58)62(52)60)64(42-19-8-5-9-20-42)45-33-37-59-54(39-45)50-26-15-17-29-57(50)66(59)44-23-12-7-13-24-44/h5-41H,1-4H3. The fraction of sp³-hybridized carbons (Fsp3) is 0.0794. The molecule has 1 aliphatic carbocycles. The highest BCUT2D eigenvalue weighted by atomic mass is 28.3. The Morgan fingerprint density at radius 3 is 1.72 bits per heavy atom. The Balaban J connectivity index is 0.966. The van der Waals surface area contributed by atoms with E-state index in [9.17, 15) is 0 Å². The molecular formula is C63H49N3Si. The predicted molar refractivity (Wildman–Crippen MR) is 287 cm³/mol. The minimum Gasteiger partial charge on any atom is -0.310 e. The van der Waals surface area contributed by atoms with Gasteiger partial charge in [-0.2, -0.15) is 0 Å². The summed E-state index contributed by atoms with van der Waals surface area (Å²) in [4.78, 5) is 4.94. The highest BCUT2D eigenvalue weighted by Crippen LogP contribution is 2.52. The van der Waals surface area contributed by atoms with E-state index in [1.807, 2.05) is 0 Å². The molecule has 0 amide bonds. The minimum atomic E-state index is -2.29. The Morgan fingerprint density at radius 2 is 0.940 bits per heavy atom. The minimum absolute atomic E-state index is 0.103.